The molecule has 0 unspecified atom stereocenters. The van der Waals surface area contributed by atoms with Gasteiger partial charge in [0.1, 0.15) is 0 Å². The van der Waals surface area contributed by atoms with Gasteiger partial charge in [-0.05, 0) is 30.9 Å². The monoisotopic (exact) mass is 267 g/mol. The summed E-state index contributed by atoms with van der Waals surface area (Å²) in [5.41, 5.74) is 1.04. The number of fused-ring (bicyclic) bond motifs is 1. The number of nitrogens with zero attached hydrogens (tertiary/aromatic N) is 1. The maximum atomic E-state index is 12.0. The first-order valence-electron chi connectivity index (χ1n) is 5.78. The minimum absolute atomic E-state index is 0.0102. The summed E-state index contributed by atoms with van der Waals surface area (Å²) in [6.07, 6.45) is 1.94. The van der Waals surface area contributed by atoms with E-state index in [9.17, 15) is 4.79 Å². The fourth-order valence-corrected chi connectivity index (χ4v) is 2.18. The molecular formula is C13H17NO3S. The van der Waals surface area contributed by atoms with Gasteiger partial charge in [-0.15, -0.1) is 0 Å². The van der Waals surface area contributed by atoms with E-state index in [2.05, 4.69) is 0 Å². The topological polar surface area (TPSA) is 38.8 Å². The predicted molar refractivity (Wildman–Crippen MR) is 72.0 cm³/mol. The summed E-state index contributed by atoms with van der Waals surface area (Å²) >= 11 is 1.56. The second-order valence-corrected chi connectivity index (χ2v) is 5.44. The van der Waals surface area contributed by atoms with Crippen LogP contribution in [-0.4, -0.2) is 36.2 Å². The summed E-state index contributed by atoms with van der Waals surface area (Å²) < 4.78 is 10.6. The van der Waals surface area contributed by atoms with Crippen molar-refractivity contribution < 1.29 is 14.3 Å². The molecule has 0 aliphatic carbocycles. The lowest BCUT2D eigenvalue weighted by molar-refractivity contribution is -0.129. The van der Waals surface area contributed by atoms with Crippen molar-refractivity contribution in [2.45, 2.75) is 18.7 Å². The first-order chi connectivity index (χ1) is 8.61. The average Bonchev–Trinajstić information content (AvgIpc) is 2.84. The zero-order valence-corrected chi connectivity index (χ0v) is 11.6. The second-order valence-electron chi connectivity index (χ2n) is 4.26. The van der Waals surface area contributed by atoms with Crippen molar-refractivity contribution in [1.82, 2.24) is 4.90 Å². The molecule has 1 aliphatic rings. The minimum Gasteiger partial charge on any atom is -0.454 e. The largest absolute Gasteiger partial charge is 0.454 e. The highest BCUT2D eigenvalue weighted by Crippen LogP contribution is 2.32. The molecule has 1 aromatic rings. The van der Waals surface area contributed by atoms with E-state index < -0.39 is 0 Å². The Balaban J connectivity index is 2.03. The van der Waals surface area contributed by atoms with Gasteiger partial charge < -0.3 is 14.4 Å². The molecule has 0 spiro atoms. The lowest BCUT2D eigenvalue weighted by atomic mass is 10.2. The van der Waals surface area contributed by atoms with Gasteiger partial charge in [-0.1, -0.05) is 6.07 Å². The van der Waals surface area contributed by atoms with Crippen LogP contribution in [0.1, 0.15) is 12.5 Å². The lowest BCUT2D eigenvalue weighted by Gasteiger charge is -2.20. The minimum atomic E-state index is -0.0102. The maximum absolute atomic E-state index is 12.0. The summed E-state index contributed by atoms with van der Waals surface area (Å²) in [5.74, 6) is 1.66. The Morgan fingerprint density at radius 3 is 2.89 bits per heavy atom. The lowest BCUT2D eigenvalue weighted by Crippen LogP contribution is -2.32. The number of carbonyl (C=O) groups is 1. The third-order valence-corrected chi connectivity index (χ3v) is 3.84. The van der Waals surface area contributed by atoms with Gasteiger partial charge in [-0.2, -0.15) is 11.8 Å². The fraction of sp³-hybridized carbons (Fsp3) is 0.462. The Bertz CT molecular complexity index is 450. The summed E-state index contributed by atoms with van der Waals surface area (Å²) in [7, 11) is 1.82. The van der Waals surface area contributed by atoms with E-state index in [4.69, 9.17) is 9.47 Å². The van der Waals surface area contributed by atoms with E-state index in [0.29, 0.717) is 6.54 Å². The van der Waals surface area contributed by atoms with Gasteiger partial charge in [0, 0.05) is 13.6 Å². The smallest absolute Gasteiger partial charge is 0.235 e. The number of hydrogen-bond donors (Lipinski definition) is 0. The van der Waals surface area contributed by atoms with Crippen molar-refractivity contribution in [3.63, 3.8) is 0 Å². The summed E-state index contributed by atoms with van der Waals surface area (Å²) in [5, 5.41) is -0.0102. The van der Waals surface area contributed by atoms with Crippen molar-refractivity contribution in [2.24, 2.45) is 0 Å². The molecular weight excluding hydrogens is 250 g/mol. The molecule has 0 aromatic heterocycles. The molecule has 0 N–H and O–H groups in total. The maximum Gasteiger partial charge on any atom is 0.235 e. The molecule has 2 rings (SSSR count). The van der Waals surface area contributed by atoms with Crippen molar-refractivity contribution in [2.75, 3.05) is 20.1 Å². The number of amides is 1. The summed E-state index contributed by atoms with van der Waals surface area (Å²) in [6.45, 7) is 2.78. The number of thioether (sulfide) groups is 1. The van der Waals surface area contributed by atoms with Crippen LogP contribution in [0.4, 0.5) is 0 Å². The average molecular weight is 267 g/mol. The Morgan fingerprint density at radius 1 is 1.44 bits per heavy atom. The highest BCUT2D eigenvalue weighted by molar-refractivity contribution is 7.99. The van der Waals surface area contributed by atoms with E-state index in [1.807, 2.05) is 38.4 Å². The molecule has 0 saturated heterocycles. The van der Waals surface area contributed by atoms with Crippen LogP contribution in [0, 0.1) is 0 Å². The Morgan fingerprint density at radius 2 is 2.17 bits per heavy atom. The van der Waals surface area contributed by atoms with E-state index in [-0.39, 0.29) is 18.0 Å². The molecule has 1 aromatic carbocycles. The Kier molecular flexibility index (Phi) is 4.01. The van der Waals surface area contributed by atoms with Crippen LogP contribution in [-0.2, 0) is 11.3 Å². The highest BCUT2D eigenvalue weighted by atomic mass is 32.2. The zero-order chi connectivity index (χ0) is 13.1. The molecule has 0 radical (unpaired) electrons. The number of benzene rings is 1. The van der Waals surface area contributed by atoms with Gasteiger partial charge in [0.25, 0.3) is 0 Å². The molecule has 1 atom stereocenters. The first-order valence-corrected chi connectivity index (χ1v) is 7.07. The normalized spacial score (nSPS) is 14.4. The SMILES string of the molecule is CS[C@@H](C)C(=O)N(C)Cc1ccc2c(c1)OCO2. The third kappa shape index (κ3) is 2.72. The highest BCUT2D eigenvalue weighted by Gasteiger charge is 2.18. The molecule has 98 valence electrons. The van der Waals surface area contributed by atoms with Crippen LogP contribution >= 0.6 is 11.8 Å². The molecule has 0 saturated carbocycles. The molecule has 0 bridgehead atoms. The molecule has 4 nitrogen and oxygen atoms in total. The van der Waals surface area contributed by atoms with Crippen LogP contribution in [0.3, 0.4) is 0 Å². The van der Waals surface area contributed by atoms with Gasteiger partial charge >= 0.3 is 0 Å². The van der Waals surface area contributed by atoms with Crippen LogP contribution in [0.15, 0.2) is 18.2 Å². The van der Waals surface area contributed by atoms with E-state index in [1.165, 1.54) is 0 Å². The van der Waals surface area contributed by atoms with E-state index in [1.54, 1.807) is 16.7 Å². The van der Waals surface area contributed by atoms with E-state index in [0.717, 1.165) is 17.1 Å². The third-order valence-electron chi connectivity index (χ3n) is 2.93. The summed E-state index contributed by atoms with van der Waals surface area (Å²) in [6, 6.07) is 5.77. The predicted octanol–water partition coefficient (Wildman–Crippen LogP) is 2.13. The number of hydrogen-bond acceptors (Lipinski definition) is 4. The Hall–Kier alpha value is -1.36. The quantitative estimate of drug-likeness (QED) is 0.837. The van der Waals surface area contributed by atoms with Gasteiger partial charge in [0.05, 0.1) is 5.25 Å². The van der Waals surface area contributed by atoms with Crippen LogP contribution < -0.4 is 9.47 Å². The van der Waals surface area contributed by atoms with Crippen LogP contribution in [0.5, 0.6) is 11.5 Å². The van der Waals surface area contributed by atoms with Gasteiger partial charge in [0.2, 0.25) is 12.7 Å². The van der Waals surface area contributed by atoms with Gasteiger partial charge in [-0.3, -0.25) is 4.79 Å². The molecule has 1 aliphatic heterocycles. The Labute approximate surface area is 111 Å². The van der Waals surface area contributed by atoms with Crippen molar-refractivity contribution in [3.05, 3.63) is 23.8 Å². The number of carbonyl (C=O) groups excluding carboxylic acids is 1. The van der Waals surface area contributed by atoms with Crippen LogP contribution in [0.25, 0.3) is 0 Å². The number of rotatable bonds is 4. The summed E-state index contributed by atoms with van der Waals surface area (Å²) in [4.78, 5) is 13.7. The second kappa shape index (κ2) is 5.52. The van der Waals surface area contributed by atoms with Gasteiger partial charge in [-0.25, -0.2) is 0 Å². The zero-order valence-electron chi connectivity index (χ0n) is 10.8. The van der Waals surface area contributed by atoms with Gasteiger partial charge in [0.15, 0.2) is 11.5 Å². The first kappa shape index (κ1) is 13.1. The van der Waals surface area contributed by atoms with E-state index >= 15 is 0 Å². The molecule has 18 heavy (non-hydrogen) atoms. The van der Waals surface area contributed by atoms with Crippen LogP contribution in [0.2, 0.25) is 0 Å². The molecule has 1 amide bonds. The molecule has 5 heteroatoms. The van der Waals surface area contributed by atoms with Crippen molar-refractivity contribution in [1.29, 1.82) is 0 Å². The fourth-order valence-electron chi connectivity index (χ4n) is 1.80. The standard InChI is InChI=1S/C13H17NO3S/c1-9(18-3)13(15)14(2)7-10-4-5-11-12(6-10)17-8-16-11/h4-6,9H,7-8H2,1-3H3/t9-/m0/s1. The molecule has 1 heterocycles. The number of ether oxygens (including phenoxy) is 2. The van der Waals surface area contributed by atoms with Crippen molar-refractivity contribution >= 4 is 17.7 Å². The molecule has 0 fully saturated rings. The van der Waals surface area contributed by atoms with Crippen molar-refractivity contribution in [3.8, 4) is 11.5 Å².